The molecule has 4 rings (SSSR count). The van der Waals surface area contributed by atoms with Gasteiger partial charge < -0.3 is 0 Å². The van der Waals surface area contributed by atoms with E-state index in [1.807, 2.05) is 12.1 Å². The van der Waals surface area contributed by atoms with Gasteiger partial charge in [-0.05, 0) is 72.9 Å². The summed E-state index contributed by atoms with van der Waals surface area (Å²) in [6.07, 6.45) is 5.06. The molecule has 0 radical (unpaired) electrons. The third-order valence-corrected chi connectivity index (χ3v) is 7.13. The quantitative estimate of drug-likeness (QED) is 0.425. The van der Waals surface area contributed by atoms with E-state index in [0.717, 1.165) is 49.9 Å². The second-order valence-corrected chi connectivity index (χ2v) is 9.28. The Balaban J connectivity index is 1.58. The van der Waals surface area contributed by atoms with Crippen LogP contribution in [-0.4, -0.2) is 17.5 Å². The first-order valence-corrected chi connectivity index (χ1v) is 11.6. The second kappa shape index (κ2) is 9.72. The summed E-state index contributed by atoms with van der Waals surface area (Å²) in [5.41, 5.74) is 1.52. The SMILES string of the molecule is Fc1ccc(CN(CC2CCCC2)[C@@H]2CCCC[C@H]2c2ccc(C(F)(F)F)cc2)cc1. The molecule has 2 aromatic rings. The highest BCUT2D eigenvalue weighted by Crippen LogP contribution is 2.39. The minimum atomic E-state index is -4.30. The van der Waals surface area contributed by atoms with Crippen LogP contribution in [0.15, 0.2) is 48.5 Å². The number of halogens is 4. The fourth-order valence-electron chi connectivity index (χ4n) is 5.52. The number of nitrogens with zero attached hydrogens (tertiary/aromatic N) is 1. The van der Waals surface area contributed by atoms with Gasteiger partial charge in [-0.25, -0.2) is 4.39 Å². The second-order valence-electron chi connectivity index (χ2n) is 9.28. The van der Waals surface area contributed by atoms with Gasteiger partial charge in [-0.1, -0.05) is 49.9 Å². The van der Waals surface area contributed by atoms with Gasteiger partial charge in [-0.3, -0.25) is 4.90 Å². The topological polar surface area (TPSA) is 3.24 Å². The minimum absolute atomic E-state index is 0.230. The number of rotatable bonds is 6. The molecule has 0 N–H and O–H groups in total. The first-order chi connectivity index (χ1) is 14.9. The van der Waals surface area contributed by atoms with E-state index in [-0.39, 0.29) is 11.7 Å². The van der Waals surface area contributed by atoms with Crippen molar-refractivity contribution < 1.29 is 17.6 Å². The van der Waals surface area contributed by atoms with Gasteiger partial charge in [0.15, 0.2) is 0 Å². The molecule has 0 unspecified atom stereocenters. The summed E-state index contributed by atoms with van der Waals surface area (Å²) >= 11 is 0. The van der Waals surface area contributed by atoms with Crippen molar-refractivity contribution in [1.82, 2.24) is 4.90 Å². The Kier molecular flexibility index (Phi) is 7.00. The summed E-state index contributed by atoms with van der Waals surface area (Å²) < 4.78 is 52.5. The fraction of sp³-hybridized carbons (Fsp3) is 0.538. The third kappa shape index (κ3) is 5.68. The fourth-order valence-corrected chi connectivity index (χ4v) is 5.52. The first-order valence-electron chi connectivity index (χ1n) is 11.6. The molecular weight excluding hydrogens is 402 g/mol. The normalized spacial score (nSPS) is 22.9. The molecule has 2 atom stereocenters. The van der Waals surface area contributed by atoms with E-state index in [1.54, 1.807) is 12.1 Å². The van der Waals surface area contributed by atoms with Crippen molar-refractivity contribution in [3.8, 4) is 0 Å². The summed E-state index contributed by atoms with van der Waals surface area (Å²) in [5.74, 6) is 0.680. The monoisotopic (exact) mass is 433 g/mol. The molecule has 0 spiro atoms. The van der Waals surface area contributed by atoms with E-state index in [4.69, 9.17) is 0 Å². The molecular formula is C26H31F4N. The molecule has 168 valence electrons. The molecule has 2 fully saturated rings. The Morgan fingerprint density at radius 1 is 0.774 bits per heavy atom. The van der Waals surface area contributed by atoms with Crippen LogP contribution in [0.4, 0.5) is 17.6 Å². The lowest BCUT2D eigenvalue weighted by molar-refractivity contribution is -0.137. The Bertz CT molecular complexity index is 822. The van der Waals surface area contributed by atoms with Crippen LogP contribution in [0.2, 0.25) is 0 Å². The molecule has 0 amide bonds. The maximum absolute atomic E-state index is 13.4. The average Bonchev–Trinajstić information content (AvgIpc) is 3.27. The molecule has 2 aliphatic rings. The van der Waals surface area contributed by atoms with Crippen LogP contribution in [0.25, 0.3) is 0 Å². The van der Waals surface area contributed by atoms with Crippen molar-refractivity contribution in [2.45, 2.75) is 76.0 Å². The predicted octanol–water partition coefficient (Wildman–Crippen LogP) is 7.56. The van der Waals surface area contributed by atoms with Gasteiger partial charge in [0.05, 0.1) is 5.56 Å². The molecule has 5 heteroatoms. The van der Waals surface area contributed by atoms with Crippen molar-refractivity contribution in [2.24, 2.45) is 5.92 Å². The van der Waals surface area contributed by atoms with Crippen molar-refractivity contribution >= 4 is 0 Å². The summed E-state index contributed by atoms with van der Waals surface area (Å²) in [5, 5.41) is 0. The minimum Gasteiger partial charge on any atom is -0.295 e. The molecule has 0 bridgehead atoms. The molecule has 0 saturated heterocycles. The Hall–Kier alpha value is -1.88. The van der Waals surface area contributed by atoms with Gasteiger partial charge in [0.1, 0.15) is 5.82 Å². The van der Waals surface area contributed by atoms with Crippen LogP contribution in [0.5, 0.6) is 0 Å². The third-order valence-electron chi connectivity index (χ3n) is 7.13. The molecule has 0 heterocycles. The van der Waals surface area contributed by atoms with Gasteiger partial charge in [-0.2, -0.15) is 13.2 Å². The molecule has 1 nitrogen and oxygen atoms in total. The summed E-state index contributed by atoms with van der Waals surface area (Å²) in [6, 6.07) is 12.8. The van der Waals surface area contributed by atoms with Gasteiger partial charge in [-0.15, -0.1) is 0 Å². The van der Waals surface area contributed by atoms with Crippen molar-refractivity contribution in [3.63, 3.8) is 0 Å². The Morgan fingerprint density at radius 2 is 1.39 bits per heavy atom. The van der Waals surface area contributed by atoms with Gasteiger partial charge >= 0.3 is 6.18 Å². The largest absolute Gasteiger partial charge is 0.416 e. The Morgan fingerprint density at radius 3 is 2.03 bits per heavy atom. The highest BCUT2D eigenvalue weighted by molar-refractivity contribution is 5.29. The number of hydrogen-bond donors (Lipinski definition) is 0. The zero-order chi connectivity index (χ0) is 21.8. The van der Waals surface area contributed by atoms with E-state index in [0.29, 0.717) is 12.0 Å². The van der Waals surface area contributed by atoms with E-state index >= 15 is 0 Å². The lowest BCUT2D eigenvalue weighted by Gasteiger charge is -2.41. The van der Waals surface area contributed by atoms with Crippen molar-refractivity contribution in [2.75, 3.05) is 6.54 Å². The average molecular weight is 434 g/mol. The van der Waals surface area contributed by atoms with Gasteiger partial charge in [0, 0.05) is 19.1 Å². The highest BCUT2D eigenvalue weighted by Gasteiger charge is 2.34. The van der Waals surface area contributed by atoms with E-state index in [1.165, 1.54) is 49.9 Å². The Labute approximate surface area is 182 Å². The number of benzene rings is 2. The van der Waals surface area contributed by atoms with Crippen LogP contribution in [0.1, 0.15) is 74.0 Å². The number of alkyl halides is 3. The van der Waals surface area contributed by atoms with Crippen LogP contribution in [-0.2, 0) is 12.7 Å². The maximum Gasteiger partial charge on any atom is 0.416 e. The van der Waals surface area contributed by atoms with Crippen LogP contribution < -0.4 is 0 Å². The molecule has 2 saturated carbocycles. The number of hydrogen-bond acceptors (Lipinski definition) is 1. The zero-order valence-electron chi connectivity index (χ0n) is 17.9. The lowest BCUT2D eigenvalue weighted by atomic mass is 9.78. The standard InChI is InChI=1S/C26H31F4N/c27-23-15-9-20(10-16-23)18-31(17-19-5-1-2-6-19)25-8-4-3-7-24(25)21-11-13-22(14-12-21)26(28,29)30/h9-16,19,24-25H,1-8,17-18H2/t24-,25+/m0/s1. The molecule has 31 heavy (non-hydrogen) atoms. The predicted molar refractivity (Wildman–Crippen MR) is 115 cm³/mol. The van der Waals surface area contributed by atoms with E-state index in [9.17, 15) is 17.6 Å². The van der Waals surface area contributed by atoms with Crippen LogP contribution in [0, 0.1) is 11.7 Å². The lowest BCUT2D eigenvalue weighted by Crippen LogP contribution is -2.43. The van der Waals surface area contributed by atoms with Gasteiger partial charge in [0.25, 0.3) is 0 Å². The summed E-state index contributed by atoms with van der Waals surface area (Å²) in [6.45, 7) is 1.78. The molecule has 2 aromatic carbocycles. The van der Waals surface area contributed by atoms with Crippen molar-refractivity contribution in [3.05, 3.63) is 71.0 Å². The molecule has 0 aliphatic heterocycles. The zero-order valence-corrected chi connectivity index (χ0v) is 17.9. The van der Waals surface area contributed by atoms with Gasteiger partial charge in [0.2, 0.25) is 0 Å². The van der Waals surface area contributed by atoms with Crippen LogP contribution >= 0.6 is 0 Å². The van der Waals surface area contributed by atoms with Crippen molar-refractivity contribution in [1.29, 1.82) is 0 Å². The van der Waals surface area contributed by atoms with Crippen LogP contribution in [0.3, 0.4) is 0 Å². The summed E-state index contributed by atoms with van der Waals surface area (Å²) in [7, 11) is 0. The maximum atomic E-state index is 13.4. The van der Waals surface area contributed by atoms with E-state index < -0.39 is 11.7 Å². The smallest absolute Gasteiger partial charge is 0.295 e. The first kappa shape index (κ1) is 22.3. The summed E-state index contributed by atoms with van der Waals surface area (Å²) in [4.78, 5) is 2.55. The molecule has 0 aromatic heterocycles. The molecule has 2 aliphatic carbocycles. The highest BCUT2D eigenvalue weighted by atomic mass is 19.4. The van der Waals surface area contributed by atoms with E-state index in [2.05, 4.69) is 4.90 Å².